The third-order valence-corrected chi connectivity index (χ3v) is 4.34. The van der Waals surface area contributed by atoms with Crippen molar-refractivity contribution in [2.45, 2.75) is 32.1 Å². The van der Waals surface area contributed by atoms with Crippen LogP contribution in [0.4, 0.5) is 5.69 Å². The summed E-state index contributed by atoms with van der Waals surface area (Å²) < 4.78 is 5.81. The molecule has 0 saturated carbocycles. The van der Waals surface area contributed by atoms with Gasteiger partial charge >= 0.3 is 0 Å². The molecule has 2 N–H and O–H groups in total. The van der Waals surface area contributed by atoms with E-state index in [1.807, 2.05) is 12.1 Å². The zero-order valence-corrected chi connectivity index (χ0v) is 13.8. The number of thioether (sulfide) groups is 1. The van der Waals surface area contributed by atoms with Gasteiger partial charge in [0.05, 0.1) is 6.61 Å². The predicted molar refractivity (Wildman–Crippen MR) is 92.3 cm³/mol. The predicted octanol–water partition coefficient (Wildman–Crippen LogP) is 4.76. The molecule has 0 saturated heterocycles. The van der Waals surface area contributed by atoms with E-state index in [9.17, 15) is 0 Å². The highest BCUT2D eigenvalue weighted by Gasteiger charge is 2.01. The van der Waals surface area contributed by atoms with Crippen molar-refractivity contribution in [3.8, 4) is 5.75 Å². The third-order valence-electron chi connectivity index (χ3n) is 3.18. The fourth-order valence-electron chi connectivity index (χ4n) is 2.21. The lowest BCUT2D eigenvalue weighted by Crippen LogP contribution is -1.99. The molecule has 0 atom stereocenters. The first kappa shape index (κ1) is 15.8. The Morgan fingerprint density at radius 3 is 2.38 bits per heavy atom. The Morgan fingerprint density at radius 2 is 1.67 bits per heavy atom. The van der Waals surface area contributed by atoms with Crippen molar-refractivity contribution in [3.05, 3.63) is 53.1 Å². The normalized spacial score (nSPS) is 10.6. The number of hydrogen-bond donors (Lipinski definition) is 1. The fraction of sp³-hybridized carbons (Fsp3) is 0.333. The van der Waals surface area contributed by atoms with Gasteiger partial charge in [0.15, 0.2) is 0 Å². The van der Waals surface area contributed by atoms with Gasteiger partial charge in [-0.2, -0.15) is 0 Å². The van der Waals surface area contributed by atoms with Crippen LogP contribution >= 0.6 is 11.8 Å². The Kier molecular flexibility index (Phi) is 5.57. The minimum atomic E-state index is 0.738. The smallest absolute Gasteiger partial charge is 0.119 e. The maximum atomic E-state index is 5.98. The molecule has 0 aromatic heterocycles. The van der Waals surface area contributed by atoms with Gasteiger partial charge in [-0.3, -0.25) is 0 Å². The number of nitrogens with two attached hydrogens (primary N) is 1. The number of anilines is 1. The summed E-state index contributed by atoms with van der Waals surface area (Å²) in [6.07, 6.45) is 1.00. The largest absolute Gasteiger partial charge is 0.494 e. The zero-order valence-electron chi connectivity index (χ0n) is 13.0. The van der Waals surface area contributed by atoms with Gasteiger partial charge in [-0.05, 0) is 68.1 Å². The van der Waals surface area contributed by atoms with Gasteiger partial charge in [-0.15, -0.1) is 11.8 Å². The van der Waals surface area contributed by atoms with Gasteiger partial charge < -0.3 is 10.5 Å². The van der Waals surface area contributed by atoms with Gasteiger partial charge in [0.1, 0.15) is 5.75 Å². The monoisotopic (exact) mass is 301 g/mol. The molecule has 0 spiro atoms. The molecule has 2 nitrogen and oxygen atoms in total. The van der Waals surface area contributed by atoms with Gasteiger partial charge in [-0.1, -0.05) is 12.1 Å². The van der Waals surface area contributed by atoms with E-state index in [0.29, 0.717) is 0 Å². The van der Waals surface area contributed by atoms with Crippen molar-refractivity contribution >= 4 is 17.4 Å². The van der Waals surface area contributed by atoms with Crippen LogP contribution in [0.3, 0.4) is 0 Å². The van der Waals surface area contributed by atoms with Crippen molar-refractivity contribution in [2.75, 3.05) is 18.1 Å². The van der Waals surface area contributed by atoms with E-state index in [-0.39, 0.29) is 0 Å². The number of aryl methyl sites for hydroxylation is 3. The Morgan fingerprint density at radius 1 is 0.952 bits per heavy atom. The summed E-state index contributed by atoms with van der Waals surface area (Å²) >= 11 is 1.80. The second kappa shape index (κ2) is 7.41. The summed E-state index contributed by atoms with van der Waals surface area (Å²) in [7, 11) is 0. The molecule has 2 rings (SSSR count). The van der Waals surface area contributed by atoms with Gasteiger partial charge in [0.25, 0.3) is 0 Å². The minimum Gasteiger partial charge on any atom is -0.494 e. The fourth-order valence-corrected chi connectivity index (χ4v) is 3.20. The maximum absolute atomic E-state index is 5.98. The first-order valence-corrected chi connectivity index (χ1v) is 8.23. The van der Waals surface area contributed by atoms with Crippen molar-refractivity contribution in [1.29, 1.82) is 0 Å². The molecule has 0 aliphatic carbocycles. The van der Waals surface area contributed by atoms with Crippen LogP contribution in [0.15, 0.2) is 41.3 Å². The molecule has 0 amide bonds. The molecule has 21 heavy (non-hydrogen) atoms. The van der Waals surface area contributed by atoms with E-state index in [0.717, 1.165) is 30.2 Å². The lowest BCUT2D eigenvalue weighted by molar-refractivity contribution is 0.318. The van der Waals surface area contributed by atoms with Crippen LogP contribution in [0, 0.1) is 20.8 Å². The van der Waals surface area contributed by atoms with Crippen molar-refractivity contribution in [2.24, 2.45) is 0 Å². The van der Waals surface area contributed by atoms with Crippen LogP contribution in [-0.4, -0.2) is 12.4 Å². The quantitative estimate of drug-likeness (QED) is 0.475. The topological polar surface area (TPSA) is 35.2 Å². The van der Waals surface area contributed by atoms with Crippen LogP contribution in [-0.2, 0) is 0 Å². The second-order valence-electron chi connectivity index (χ2n) is 5.42. The number of ether oxygens (including phenoxy) is 1. The molecule has 2 aromatic rings. The van der Waals surface area contributed by atoms with Crippen LogP contribution in [0.5, 0.6) is 5.75 Å². The molecular formula is C18H23NOS. The zero-order chi connectivity index (χ0) is 15.2. The van der Waals surface area contributed by atoms with Crippen molar-refractivity contribution in [1.82, 2.24) is 0 Å². The summed E-state index contributed by atoms with van der Waals surface area (Å²) in [5.74, 6) is 1.98. The molecule has 0 aliphatic rings. The lowest BCUT2D eigenvalue weighted by atomic mass is 10.1. The highest BCUT2D eigenvalue weighted by Crippen LogP contribution is 2.26. The number of hydrogen-bond acceptors (Lipinski definition) is 3. The Labute approximate surface area is 131 Å². The highest BCUT2D eigenvalue weighted by molar-refractivity contribution is 7.99. The van der Waals surface area contributed by atoms with Crippen molar-refractivity contribution < 1.29 is 4.74 Å². The van der Waals surface area contributed by atoms with E-state index in [1.165, 1.54) is 21.6 Å². The molecule has 0 radical (unpaired) electrons. The average Bonchev–Trinajstić information content (AvgIpc) is 2.41. The first-order valence-electron chi connectivity index (χ1n) is 7.24. The van der Waals surface area contributed by atoms with E-state index in [2.05, 4.69) is 45.0 Å². The number of benzene rings is 2. The summed E-state index contributed by atoms with van der Waals surface area (Å²) in [5, 5.41) is 0. The van der Waals surface area contributed by atoms with E-state index < -0.39 is 0 Å². The molecule has 0 unspecified atom stereocenters. The van der Waals surface area contributed by atoms with Crippen LogP contribution in [0.1, 0.15) is 23.1 Å². The molecule has 3 heteroatoms. The summed E-state index contributed by atoms with van der Waals surface area (Å²) in [6, 6.07) is 12.5. The number of rotatable bonds is 6. The number of nitrogen functional groups attached to an aromatic ring is 1. The second-order valence-corrected chi connectivity index (χ2v) is 6.55. The van der Waals surface area contributed by atoms with Gasteiger partial charge in [-0.25, -0.2) is 0 Å². The lowest BCUT2D eigenvalue weighted by Gasteiger charge is -2.09. The molecule has 0 aliphatic heterocycles. The highest BCUT2D eigenvalue weighted by atomic mass is 32.2. The molecule has 0 bridgehead atoms. The van der Waals surface area contributed by atoms with Crippen LogP contribution in [0.25, 0.3) is 0 Å². The SMILES string of the molecule is Cc1cc(C)cc(OCCCSc2cc(C)ccc2N)c1. The van der Waals surface area contributed by atoms with E-state index >= 15 is 0 Å². The Balaban J connectivity index is 1.76. The van der Waals surface area contributed by atoms with E-state index in [1.54, 1.807) is 11.8 Å². The van der Waals surface area contributed by atoms with Crippen LogP contribution < -0.4 is 10.5 Å². The molecule has 112 valence electrons. The molecule has 2 aromatic carbocycles. The minimum absolute atomic E-state index is 0.738. The van der Waals surface area contributed by atoms with Gasteiger partial charge in [0, 0.05) is 16.3 Å². The third kappa shape index (κ3) is 5.01. The van der Waals surface area contributed by atoms with Crippen LogP contribution in [0.2, 0.25) is 0 Å². The molecule has 0 heterocycles. The van der Waals surface area contributed by atoms with Crippen molar-refractivity contribution in [3.63, 3.8) is 0 Å². The van der Waals surface area contributed by atoms with E-state index in [4.69, 9.17) is 10.5 Å². The standard InChI is InChI=1S/C18H23NOS/c1-13-5-6-17(19)18(12-13)21-8-4-7-20-16-10-14(2)9-15(3)11-16/h5-6,9-12H,4,7-8,19H2,1-3H3. The Hall–Kier alpha value is -1.61. The maximum Gasteiger partial charge on any atom is 0.119 e. The molecular weight excluding hydrogens is 278 g/mol. The van der Waals surface area contributed by atoms with Gasteiger partial charge in [0.2, 0.25) is 0 Å². The first-order chi connectivity index (χ1) is 10.0. The summed E-state index contributed by atoms with van der Waals surface area (Å²) in [5.41, 5.74) is 10.6. The summed E-state index contributed by atoms with van der Waals surface area (Å²) in [4.78, 5) is 1.17. The molecule has 0 fully saturated rings. The average molecular weight is 301 g/mol. The summed E-state index contributed by atoms with van der Waals surface area (Å²) in [6.45, 7) is 7.01. The Bertz CT molecular complexity index is 590.